The molecule has 0 atom stereocenters. The highest BCUT2D eigenvalue weighted by Crippen LogP contribution is 2.27. The van der Waals surface area contributed by atoms with Gasteiger partial charge in [0.2, 0.25) is 0 Å². The van der Waals surface area contributed by atoms with Crippen LogP contribution in [0.4, 0.5) is 5.69 Å². The van der Waals surface area contributed by atoms with Crippen LogP contribution in [-0.4, -0.2) is 11.5 Å². The van der Waals surface area contributed by atoms with E-state index in [0.717, 1.165) is 23.2 Å². The molecule has 0 unspecified atom stereocenters. The van der Waals surface area contributed by atoms with Crippen molar-refractivity contribution in [2.75, 3.05) is 11.9 Å². The summed E-state index contributed by atoms with van der Waals surface area (Å²) in [4.78, 5) is 4.51. The summed E-state index contributed by atoms with van der Waals surface area (Å²) in [7, 11) is 0. The monoisotopic (exact) mass is 258 g/mol. The van der Waals surface area contributed by atoms with Crippen LogP contribution < -0.4 is 5.32 Å². The van der Waals surface area contributed by atoms with Crippen molar-refractivity contribution in [1.29, 1.82) is 0 Å². The number of benzene rings is 1. The Hall–Kier alpha value is -1.35. The summed E-state index contributed by atoms with van der Waals surface area (Å²) in [6.45, 7) is 3.16. The molecule has 18 heavy (non-hydrogen) atoms. The maximum atomic E-state index is 4.51. The molecule has 1 aromatic heterocycles. The minimum absolute atomic E-state index is 0.894. The minimum atomic E-state index is 0.894. The van der Waals surface area contributed by atoms with Crippen LogP contribution in [0.5, 0.6) is 0 Å². The number of anilines is 1. The van der Waals surface area contributed by atoms with Gasteiger partial charge in [0.25, 0.3) is 0 Å². The zero-order valence-electron chi connectivity index (χ0n) is 10.6. The average molecular weight is 258 g/mol. The lowest BCUT2D eigenvalue weighted by Gasteiger charge is -2.25. The predicted molar refractivity (Wildman–Crippen MR) is 78.1 cm³/mol. The number of nitrogens with zero attached hydrogens (tertiary/aromatic N) is 1. The summed E-state index contributed by atoms with van der Waals surface area (Å²) in [5, 5.41) is 6.75. The van der Waals surface area contributed by atoms with Crippen molar-refractivity contribution in [1.82, 2.24) is 4.98 Å². The van der Waals surface area contributed by atoms with E-state index in [0.29, 0.717) is 0 Å². The molecule has 3 rings (SSSR count). The second kappa shape index (κ2) is 5.11. The van der Waals surface area contributed by atoms with Crippen molar-refractivity contribution in [3.8, 4) is 11.3 Å². The summed E-state index contributed by atoms with van der Waals surface area (Å²) in [5.41, 5.74) is 3.51. The first-order valence-electron chi connectivity index (χ1n) is 6.58. The van der Waals surface area contributed by atoms with Crippen LogP contribution in [0.25, 0.3) is 11.3 Å². The topological polar surface area (TPSA) is 24.9 Å². The van der Waals surface area contributed by atoms with Crippen LogP contribution in [0.1, 0.15) is 24.3 Å². The molecular weight excluding hydrogens is 240 g/mol. The molecular formula is C15H18N2S. The lowest BCUT2D eigenvalue weighted by Crippen LogP contribution is -2.20. The van der Waals surface area contributed by atoms with Gasteiger partial charge in [-0.3, -0.25) is 0 Å². The highest BCUT2D eigenvalue weighted by atomic mass is 32.1. The van der Waals surface area contributed by atoms with Crippen molar-refractivity contribution in [2.45, 2.75) is 26.2 Å². The maximum Gasteiger partial charge on any atom is 0.0901 e. The van der Waals surface area contributed by atoms with E-state index in [4.69, 9.17) is 0 Å². The first-order valence-corrected chi connectivity index (χ1v) is 7.46. The number of aromatic nitrogens is 1. The summed E-state index contributed by atoms with van der Waals surface area (Å²) in [5.74, 6) is 0.894. The van der Waals surface area contributed by atoms with Crippen molar-refractivity contribution >= 4 is 17.0 Å². The molecule has 1 aromatic carbocycles. The molecule has 0 amide bonds. The Labute approximate surface area is 112 Å². The van der Waals surface area contributed by atoms with Crippen LogP contribution in [0.3, 0.4) is 0 Å². The first kappa shape index (κ1) is 11.7. The van der Waals surface area contributed by atoms with Gasteiger partial charge in [-0.05, 0) is 37.8 Å². The fourth-order valence-electron chi connectivity index (χ4n) is 2.21. The molecule has 1 N–H and O–H groups in total. The molecule has 0 aliphatic heterocycles. The zero-order chi connectivity index (χ0) is 12.4. The maximum absolute atomic E-state index is 4.51. The molecule has 0 bridgehead atoms. The van der Waals surface area contributed by atoms with E-state index in [1.807, 2.05) is 6.92 Å². The summed E-state index contributed by atoms with van der Waals surface area (Å²) < 4.78 is 0. The van der Waals surface area contributed by atoms with Gasteiger partial charge in [-0.15, -0.1) is 11.3 Å². The normalized spacial score (nSPS) is 15.4. The summed E-state index contributed by atoms with van der Waals surface area (Å²) in [6, 6.07) is 8.61. The standard InChI is InChI=1S/C15H18N2S/c1-11-17-15(10-18-11)13-5-7-14(8-6-13)16-9-12-3-2-4-12/h5-8,10,12,16H,2-4,9H2,1H3. The highest BCUT2D eigenvalue weighted by Gasteiger charge is 2.16. The number of hydrogen-bond acceptors (Lipinski definition) is 3. The molecule has 2 nitrogen and oxygen atoms in total. The quantitative estimate of drug-likeness (QED) is 0.883. The average Bonchev–Trinajstić information content (AvgIpc) is 2.75. The van der Waals surface area contributed by atoms with Gasteiger partial charge >= 0.3 is 0 Å². The minimum Gasteiger partial charge on any atom is -0.385 e. The molecule has 0 spiro atoms. The lowest BCUT2D eigenvalue weighted by molar-refractivity contribution is 0.333. The van der Waals surface area contributed by atoms with Gasteiger partial charge in [0.15, 0.2) is 0 Å². The number of rotatable bonds is 4. The molecule has 1 aliphatic rings. The molecule has 0 radical (unpaired) electrons. The van der Waals surface area contributed by atoms with Gasteiger partial charge in [0.1, 0.15) is 0 Å². The molecule has 2 aromatic rings. The first-order chi connectivity index (χ1) is 8.81. The Bertz CT molecular complexity index is 512. The van der Waals surface area contributed by atoms with Crippen molar-refractivity contribution < 1.29 is 0 Å². The second-order valence-electron chi connectivity index (χ2n) is 5.01. The van der Waals surface area contributed by atoms with Gasteiger partial charge in [0, 0.05) is 23.2 Å². The fourth-order valence-corrected chi connectivity index (χ4v) is 2.84. The largest absolute Gasteiger partial charge is 0.385 e. The Morgan fingerprint density at radius 3 is 2.61 bits per heavy atom. The van der Waals surface area contributed by atoms with E-state index in [2.05, 4.69) is 39.9 Å². The van der Waals surface area contributed by atoms with Crippen LogP contribution in [0.15, 0.2) is 29.6 Å². The fraction of sp³-hybridized carbons (Fsp3) is 0.400. The van der Waals surface area contributed by atoms with Crippen LogP contribution >= 0.6 is 11.3 Å². The molecule has 1 heterocycles. The third-order valence-electron chi connectivity index (χ3n) is 3.62. The van der Waals surface area contributed by atoms with E-state index in [9.17, 15) is 0 Å². The SMILES string of the molecule is Cc1nc(-c2ccc(NCC3CCC3)cc2)cs1. The van der Waals surface area contributed by atoms with Crippen molar-refractivity contribution in [2.24, 2.45) is 5.92 Å². The Morgan fingerprint density at radius 2 is 2.06 bits per heavy atom. The van der Waals surface area contributed by atoms with Crippen LogP contribution in [0, 0.1) is 12.8 Å². The summed E-state index contributed by atoms with van der Waals surface area (Å²) in [6.07, 6.45) is 4.20. The highest BCUT2D eigenvalue weighted by molar-refractivity contribution is 7.09. The van der Waals surface area contributed by atoms with Crippen molar-refractivity contribution in [3.63, 3.8) is 0 Å². The number of thiazole rings is 1. The smallest absolute Gasteiger partial charge is 0.0901 e. The lowest BCUT2D eigenvalue weighted by atomic mass is 9.85. The Kier molecular flexibility index (Phi) is 3.33. The molecule has 3 heteroatoms. The van der Waals surface area contributed by atoms with E-state index in [-0.39, 0.29) is 0 Å². The van der Waals surface area contributed by atoms with Gasteiger partial charge in [-0.25, -0.2) is 4.98 Å². The predicted octanol–water partition coefficient (Wildman–Crippen LogP) is 4.33. The Balaban J connectivity index is 1.64. The molecule has 94 valence electrons. The third-order valence-corrected chi connectivity index (χ3v) is 4.39. The Morgan fingerprint density at radius 1 is 1.28 bits per heavy atom. The van der Waals surface area contributed by atoms with E-state index in [1.54, 1.807) is 11.3 Å². The van der Waals surface area contributed by atoms with Gasteiger partial charge in [-0.2, -0.15) is 0 Å². The van der Waals surface area contributed by atoms with Crippen LogP contribution in [0.2, 0.25) is 0 Å². The molecule has 1 aliphatic carbocycles. The van der Waals surface area contributed by atoms with E-state index < -0.39 is 0 Å². The number of hydrogen-bond donors (Lipinski definition) is 1. The van der Waals surface area contributed by atoms with E-state index >= 15 is 0 Å². The van der Waals surface area contributed by atoms with Crippen molar-refractivity contribution in [3.05, 3.63) is 34.7 Å². The third kappa shape index (κ3) is 2.56. The van der Waals surface area contributed by atoms with Crippen LogP contribution in [-0.2, 0) is 0 Å². The zero-order valence-corrected chi connectivity index (χ0v) is 11.5. The second-order valence-corrected chi connectivity index (χ2v) is 6.07. The number of nitrogens with one attached hydrogen (secondary N) is 1. The molecule has 1 fully saturated rings. The molecule has 0 saturated heterocycles. The van der Waals surface area contributed by atoms with Gasteiger partial charge in [0.05, 0.1) is 10.7 Å². The molecule has 1 saturated carbocycles. The van der Waals surface area contributed by atoms with E-state index in [1.165, 1.54) is 30.5 Å². The summed E-state index contributed by atoms with van der Waals surface area (Å²) >= 11 is 1.70. The van der Waals surface area contributed by atoms with Gasteiger partial charge in [-0.1, -0.05) is 18.6 Å². The van der Waals surface area contributed by atoms with Gasteiger partial charge < -0.3 is 5.32 Å². The number of aryl methyl sites for hydroxylation is 1.